The first-order valence-electron chi connectivity index (χ1n) is 10.6. The summed E-state index contributed by atoms with van der Waals surface area (Å²) in [7, 11) is 0. The minimum atomic E-state index is -0.679. The third-order valence-corrected chi connectivity index (χ3v) is 6.56. The topological polar surface area (TPSA) is 67.4 Å². The van der Waals surface area contributed by atoms with Crippen LogP contribution in [0.25, 0.3) is 0 Å². The van der Waals surface area contributed by atoms with Gasteiger partial charge in [0, 0.05) is 11.4 Å². The summed E-state index contributed by atoms with van der Waals surface area (Å²) in [6.07, 6.45) is 3.31. The zero-order valence-electron chi connectivity index (χ0n) is 17.5. The molecule has 0 spiro atoms. The van der Waals surface area contributed by atoms with Crippen molar-refractivity contribution in [2.45, 2.75) is 45.3 Å². The highest BCUT2D eigenvalue weighted by molar-refractivity contribution is 7.17. The first-order chi connectivity index (χ1) is 15.1. The number of aryl methyl sites for hydroxylation is 1. The van der Waals surface area contributed by atoms with Gasteiger partial charge in [0.2, 0.25) is 0 Å². The van der Waals surface area contributed by atoms with Gasteiger partial charge >= 0.3 is 0 Å². The van der Waals surface area contributed by atoms with Crippen LogP contribution in [-0.4, -0.2) is 17.9 Å². The van der Waals surface area contributed by atoms with Crippen molar-refractivity contribution < 1.29 is 14.3 Å². The van der Waals surface area contributed by atoms with Gasteiger partial charge in [-0.15, -0.1) is 11.3 Å². The molecule has 31 heavy (non-hydrogen) atoms. The van der Waals surface area contributed by atoms with Gasteiger partial charge in [0.15, 0.2) is 6.10 Å². The summed E-state index contributed by atoms with van der Waals surface area (Å²) >= 11 is 1.52. The first-order valence-corrected chi connectivity index (χ1v) is 11.4. The molecule has 0 fully saturated rings. The molecule has 1 heterocycles. The van der Waals surface area contributed by atoms with Crippen molar-refractivity contribution in [2.24, 2.45) is 0 Å². The molecule has 3 aromatic rings. The fourth-order valence-electron chi connectivity index (χ4n) is 3.73. The van der Waals surface area contributed by atoms with Gasteiger partial charge in [0.05, 0.1) is 5.56 Å². The van der Waals surface area contributed by atoms with Gasteiger partial charge < -0.3 is 15.4 Å². The van der Waals surface area contributed by atoms with Gasteiger partial charge in [-0.2, -0.15) is 0 Å². The van der Waals surface area contributed by atoms with E-state index in [1.54, 1.807) is 6.92 Å². The van der Waals surface area contributed by atoms with E-state index in [1.165, 1.54) is 16.2 Å². The SMILES string of the molecule is CC(Oc1ccccc1)C(=O)Nc1sc2c(c1C(=O)NCc1ccccc1)CCCC2. The van der Waals surface area contributed by atoms with Crippen LogP contribution in [0.5, 0.6) is 5.75 Å². The highest BCUT2D eigenvalue weighted by Gasteiger charge is 2.27. The number of para-hydroxylation sites is 1. The first kappa shape index (κ1) is 21.1. The molecular weight excluding hydrogens is 408 g/mol. The summed E-state index contributed by atoms with van der Waals surface area (Å²) < 4.78 is 5.75. The fraction of sp³-hybridized carbons (Fsp3) is 0.280. The number of amides is 2. The van der Waals surface area contributed by atoms with Gasteiger partial charge in [-0.25, -0.2) is 0 Å². The Labute approximate surface area is 186 Å². The second-order valence-electron chi connectivity index (χ2n) is 7.65. The van der Waals surface area contributed by atoms with Gasteiger partial charge in [-0.3, -0.25) is 9.59 Å². The smallest absolute Gasteiger partial charge is 0.265 e. The van der Waals surface area contributed by atoms with Gasteiger partial charge in [0.1, 0.15) is 10.8 Å². The van der Waals surface area contributed by atoms with Crippen molar-refractivity contribution in [3.8, 4) is 5.75 Å². The maximum absolute atomic E-state index is 13.1. The van der Waals surface area contributed by atoms with Gasteiger partial charge in [-0.05, 0) is 55.9 Å². The molecule has 1 atom stereocenters. The van der Waals surface area contributed by atoms with Crippen LogP contribution < -0.4 is 15.4 Å². The molecule has 1 aromatic heterocycles. The lowest BCUT2D eigenvalue weighted by molar-refractivity contribution is -0.122. The van der Waals surface area contributed by atoms with E-state index < -0.39 is 6.10 Å². The molecule has 2 aromatic carbocycles. The zero-order chi connectivity index (χ0) is 21.6. The lowest BCUT2D eigenvalue weighted by Gasteiger charge is -2.15. The number of fused-ring (bicyclic) bond motifs is 1. The molecule has 4 rings (SSSR count). The molecular formula is C25H26N2O3S. The molecule has 2 amide bonds. The van der Waals surface area contributed by atoms with E-state index in [0.29, 0.717) is 22.9 Å². The molecule has 5 nitrogen and oxygen atoms in total. The summed E-state index contributed by atoms with van der Waals surface area (Å²) in [5.74, 6) is 0.228. The molecule has 1 aliphatic rings. The average Bonchev–Trinajstić information content (AvgIpc) is 3.16. The maximum Gasteiger partial charge on any atom is 0.265 e. The van der Waals surface area contributed by atoms with Crippen LogP contribution >= 0.6 is 11.3 Å². The molecule has 0 saturated carbocycles. The zero-order valence-corrected chi connectivity index (χ0v) is 18.3. The van der Waals surface area contributed by atoms with Crippen LogP contribution in [0.2, 0.25) is 0 Å². The Kier molecular flexibility index (Phi) is 6.67. The largest absolute Gasteiger partial charge is 0.481 e. The third kappa shape index (κ3) is 5.14. The summed E-state index contributed by atoms with van der Waals surface area (Å²) in [5.41, 5.74) is 2.72. The lowest BCUT2D eigenvalue weighted by Crippen LogP contribution is -2.31. The number of rotatable bonds is 7. The highest BCUT2D eigenvalue weighted by Crippen LogP contribution is 2.38. The Hall–Kier alpha value is -3.12. The number of hydrogen-bond acceptors (Lipinski definition) is 4. The minimum absolute atomic E-state index is 0.143. The number of carbonyl (C=O) groups excluding carboxylic acids is 2. The van der Waals surface area contributed by atoms with Crippen LogP contribution in [0.15, 0.2) is 60.7 Å². The number of carbonyl (C=O) groups is 2. The molecule has 0 saturated heterocycles. The molecule has 6 heteroatoms. The molecule has 1 unspecified atom stereocenters. The quantitative estimate of drug-likeness (QED) is 0.552. The van der Waals surface area contributed by atoms with Crippen LogP contribution in [0.1, 0.15) is 46.1 Å². The molecule has 160 valence electrons. The molecule has 0 aliphatic heterocycles. The van der Waals surface area contributed by atoms with E-state index in [1.807, 2.05) is 60.7 Å². The Bertz CT molecular complexity index is 1050. The van der Waals surface area contributed by atoms with E-state index in [2.05, 4.69) is 10.6 Å². The van der Waals surface area contributed by atoms with Crippen molar-refractivity contribution in [3.05, 3.63) is 82.2 Å². The fourth-order valence-corrected chi connectivity index (χ4v) is 5.02. The summed E-state index contributed by atoms with van der Waals surface area (Å²) in [6.45, 7) is 2.16. The number of thiophene rings is 1. The number of nitrogens with one attached hydrogen (secondary N) is 2. The average molecular weight is 435 g/mol. The third-order valence-electron chi connectivity index (χ3n) is 5.36. The van der Waals surface area contributed by atoms with Crippen LogP contribution in [0, 0.1) is 0 Å². The number of anilines is 1. The molecule has 2 N–H and O–H groups in total. The summed E-state index contributed by atoms with van der Waals surface area (Å²) in [6, 6.07) is 19.1. The molecule has 1 aliphatic carbocycles. The summed E-state index contributed by atoms with van der Waals surface area (Å²) in [4.78, 5) is 27.1. The molecule has 0 radical (unpaired) electrons. The Balaban J connectivity index is 1.51. The predicted molar refractivity (Wildman–Crippen MR) is 124 cm³/mol. The maximum atomic E-state index is 13.1. The van der Waals surface area contributed by atoms with Gasteiger partial charge in [-0.1, -0.05) is 48.5 Å². The number of hydrogen-bond donors (Lipinski definition) is 2. The normalized spacial score (nSPS) is 13.7. The van der Waals surface area contributed by atoms with E-state index in [-0.39, 0.29) is 11.8 Å². The van der Waals surface area contributed by atoms with Crippen LogP contribution in [0.4, 0.5) is 5.00 Å². The van der Waals surface area contributed by atoms with Crippen molar-refractivity contribution in [1.82, 2.24) is 5.32 Å². The van der Waals surface area contributed by atoms with Crippen molar-refractivity contribution in [2.75, 3.05) is 5.32 Å². The van der Waals surface area contributed by atoms with Gasteiger partial charge in [0.25, 0.3) is 11.8 Å². The van der Waals surface area contributed by atoms with Crippen LogP contribution in [-0.2, 0) is 24.2 Å². The minimum Gasteiger partial charge on any atom is -0.481 e. The number of benzene rings is 2. The van der Waals surface area contributed by atoms with Crippen molar-refractivity contribution >= 4 is 28.2 Å². The standard InChI is InChI=1S/C25H26N2O3S/c1-17(30-19-12-6-3-7-13-19)23(28)27-25-22(20-14-8-9-15-21(20)31-25)24(29)26-16-18-10-4-2-5-11-18/h2-7,10-13,17H,8-9,14-16H2,1H3,(H,26,29)(H,27,28). The number of ether oxygens (including phenoxy) is 1. The van der Waals surface area contributed by atoms with E-state index in [4.69, 9.17) is 4.74 Å². The Morgan fingerprint density at radius 1 is 1.00 bits per heavy atom. The van der Waals surface area contributed by atoms with E-state index in [9.17, 15) is 9.59 Å². The van der Waals surface area contributed by atoms with E-state index in [0.717, 1.165) is 36.8 Å². The highest BCUT2D eigenvalue weighted by atomic mass is 32.1. The second-order valence-corrected chi connectivity index (χ2v) is 8.75. The predicted octanol–water partition coefficient (Wildman–Crippen LogP) is 4.96. The van der Waals surface area contributed by atoms with Crippen molar-refractivity contribution in [3.63, 3.8) is 0 Å². The Morgan fingerprint density at radius 3 is 2.42 bits per heavy atom. The van der Waals surface area contributed by atoms with E-state index >= 15 is 0 Å². The summed E-state index contributed by atoms with van der Waals surface area (Å²) in [5, 5.41) is 6.60. The Morgan fingerprint density at radius 2 is 1.68 bits per heavy atom. The monoisotopic (exact) mass is 434 g/mol. The second kappa shape index (κ2) is 9.79. The lowest BCUT2D eigenvalue weighted by atomic mass is 9.95. The van der Waals surface area contributed by atoms with Crippen molar-refractivity contribution in [1.29, 1.82) is 0 Å². The molecule has 0 bridgehead atoms. The van der Waals surface area contributed by atoms with Crippen LogP contribution in [0.3, 0.4) is 0 Å².